The summed E-state index contributed by atoms with van der Waals surface area (Å²) in [5, 5.41) is 19.7. The van der Waals surface area contributed by atoms with E-state index in [0.29, 0.717) is 18.2 Å². The lowest BCUT2D eigenvalue weighted by molar-refractivity contribution is 0.104. The summed E-state index contributed by atoms with van der Waals surface area (Å²) in [7, 11) is 0. The second-order valence-electron chi connectivity index (χ2n) is 5.23. The van der Waals surface area contributed by atoms with Gasteiger partial charge < -0.3 is 20.8 Å². The van der Waals surface area contributed by atoms with Crippen molar-refractivity contribution in [3.05, 3.63) is 29.8 Å². The van der Waals surface area contributed by atoms with Crippen molar-refractivity contribution in [2.24, 2.45) is 5.92 Å². The third-order valence-electron chi connectivity index (χ3n) is 3.74. The first-order valence-electron chi connectivity index (χ1n) is 6.50. The summed E-state index contributed by atoms with van der Waals surface area (Å²) < 4.78 is 0. The van der Waals surface area contributed by atoms with Crippen LogP contribution in [-0.4, -0.2) is 40.9 Å². The van der Waals surface area contributed by atoms with Gasteiger partial charge in [0.2, 0.25) is 0 Å². The topological polar surface area (TPSA) is 69.7 Å². The summed E-state index contributed by atoms with van der Waals surface area (Å²) >= 11 is 0. The van der Waals surface area contributed by atoms with Crippen molar-refractivity contribution in [3.8, 4) is 0 Å². The fourth-order valence-electron chi connectivity index (χ4n) is 2.49. The van der Waals surface area contributed by atoms with Crippen LogP contribution in [0, 0.1) is 5.92 Å². The maximum atomic E-state index is 10.2. The standard InChI is InChI=1S/C14H22N2O2/c1-10(17)12-6-7-16(8-12)9-14(18)11-2-4-13(15)5-3-11/h2-5,10,12,14,17-18H,6-9,15H2,1H3. The van der Waals surface area contributed by atoms with Crippen LogP contribution >= 0.6 is 0 Å². The number of aliphatic hydroxyl groups is 2. The minimum absolute atomic E-state index is 0.260. The summed E-state index contributed by atoms with van der Waals surface area (Å²) in [6.07, 6.45) is 0.258. The molecule has 4 heteroatoms. The number of aliphatic hydroxyl groups excluding tert-OH is 2. The van der Waals surface area contributed by atoms with E-state index in [1.165, 1.54) is 0 Å². The van der Waals surface area contributed by atoms with Gasteiger partial charge in [0.05, 0.1) is 12.2 Å². The van der Waals surface area contributed by atoms with Gasteiger partial charge in [0.15, 0.2) is 0 Å². The molecule has 0 aromatic heterocycles. The summed E-state index contributed by atoms with van der Waals surface area (Å²) in [6.45, 7) is 4.27. The summed E-state index contributed by atoms with van der Waals surface area (Å²) in [5.74, 6) is 0.337. The van der Waals surface area contributed by atoms with Crippen LogP contribution in [0.3, 0.4) is 0 Å². The van der Waals surface area contributed by atoms with Crippen molar-refractivity contribution in [3.63, 3.8) is 0 Å². The molecule has 2 rings (SSSR count). The van der Waals surface area contributed by atoms with Gasteiger partial charge >= 0.3 is 0 Å². The summed E-state index contributed by atoms with van der Waals surface area (Å²) in [6, 6.07) is 7.34. The van der Waals surface area contributed by atoms with Crippen molar-refractivity contribution in [2.75, 3.05) is 25.4 Å². The highest BCUT2D eigenvalue weighted by molar-refractivity contribution is 5.39. The zero-order valence-electron chi connectivity index (χ0n) is 10.8. The molecule has 1 saturated heterocycles. The number of benzene rings is 1. The number of nitrogens with two attached hydrogens (primary N) is 1. The van der Waals surface area contributed by atoms with Gasteiger partial charge in [-0.05, 0) is 43.5 Å². The molecular weight excluding hydrogens is 228 g/mol. The van der Waals surface area contributed by atoms with E-state index in [1.807, 2.05) is 19.1 Å². The Bertz CT molecular complexity index is 378. The van der Waals surface area contributed by atoms with E-state index in [4.69, 9.17) is 5.73 Å². The Hall–Kier alpha value is -1.10. The second-order valence-corrected chi connectivity index (χ2v) is 5.23. The van der Waals surface area contributed by atoms with Gasteiger partial charge in [-0.2, -0.15) is 0 Å². The Morgan fingerprint density at radius 1 is 1.33 bits per heavy atom. The zero-order chi connectivity index (χ0) is 13.1. The van der Waals surface area contributed by atoms with Crippen molar-refractivity contribution in [2.45, 2.75) is 25.6 Å². The maximum Gasteiger partial charge on any atom is 0.0916 e. The molecule has 0 bridgehead atoms. The quantitative estimate of drug-likeness (QED) is 0.697. The molecular formula is C14H22N2O2. The van der Waals surface area contributed by atoms with Crippen LogP contribution in [0.1, 0.15) is 25.0 Å². The van der Waals surface area contributed by atoms with Crippen LogP contribution in [-0.2, 0) is 0 Å². The molecule has 3 unspecified atom stereocenters. The van der Waals surface area contributed by atoms with Crippen molar-refractivity contribution in [1.29, 1.82) is 0 Å². The molecule has 4 N–H and O–H groups in total. The Morgan fingerprint density at radius 2 is 2.00 bits per heavy atom. The van der Waals surface area contributed by atoms with Gasteiger partial charge in [-0.25, -0.2) is 0 Å². The van der Waals surface area contributed by atoms with Gasteiger partial charge in [0, 0.05) is 18.8 Å². The maximum absolute atomic E-state index is 10.2. The smallest absolute Gasteiger partial charge is 0.0916 e. The molecule has 0 spiro atoms. The molecule has 18 heavy (non-hydrogen) atoms. The lowest BCUT2D eigenvalue weighted by Crippen LogP contribution is -2.28. The van der Waals surface area contributed by atoms with Gasteiger partial charge in [-0.1, -0.05) is 12.1 Å². The molecule has 1 aromatic carbocycles. The lowest BCUT2D eigenvalue weighted by atomic mass is 10.0. The molecule has 1 aliphatic heterocycles. The molecule has 0 aliphatic carbocycles. The first kappa shape index (κ1) is 13.3. The highest BCUT2D eigenvalue weighted by Crippen LogP contribution is 2.23. The molecule has 0 saturated carbocycles. The summed E-state index contributed by atoms with van der Waals surface area (Å²) in [5.41, 5.74) is 7.22. The average Bonchev–Trinajstić information content (AvgIpc) is 2.78. The minimum atomic E-state index is -0.488. The predicted molar refractivity (Wildman–Crippen MR) is 72.0 cm³/mol. The second kappa shape index (κ2) is 5.69. The Kier molecular flexibility index (Phi) is 4.22. The third kappa shape index (κ3) is 3.22. The normalized spacial score (nSPS) is 24.1. The van der Waals surface area contributed by atoms with E-state index in [-0.39, 0.29) is 6.10 Å². The van der Waals surface area contributed by atoms with Crippen LogP contribution in [0.5, 0.6) is 0 Å². The zero-order valence-corrected chi connectivity index (χ0v) is 10.8. The van der Waals surface area contributed by atoms with E-state index in [9.17, 15) is 10.2 Å². The number of likely N-dealkylation sites (tertiary alicyclic amines) is 1. The molecule has 0 radical (unpaired) electrons. The van der Waals surface area contributed by atoms with Gasteiger partial charge in [0.25, 0.3) is 0 Å². The average molecular weight is 250 g/mol. The van der Waals surface area contributed by atoms with Crippen LogP contribution in [0.4, 0.5) is 5.69 Å². The molecule has 1 fully saturated rings. The number of β-amino-alcohol motifs (C(OH)–C–C–N with tert-alkyl or cyclic N) is 1. The van der Waals surface area contributed by atoms with E-state index in [0.717, 1.165) is 25.1 Å². The largest absolute Gasteiger partial charge is 0.399 e. The van der Waals surface area contributed by atoms with Crippen LogP contribution in [0.25, 0.3) is 0 Å². The van der Waals surface area contributed by atoms with E-state index in [2.05, 4.69) is 4.90 Å². The number of hydrogen-bond acceptors (Lipinski definition) is 4. The van der Waals surface area contributed by atoms with E-state index < -0.39 is 6.10 Å². The molecule has 1 heterocycles. The molecule has 4 nitrogen and oxygen atoms in total. The molecule has 3 atom stereocenters. The molecule has 0 amide bonds. The van der Waals surface area contributed by atoms with Gasteiger partial charge in [-0.15, -0.1) is 0 Å². The Balaban J connectivity index is 1.88. The van der Waals surface area contributed by atoms with E-state index >= 15 is 0 Å². The van der Waals surface area contributed by atoms with Crippen molar-refractivity contribution >= 4 is 5.69 Å². The molecule has 1 aliphatic rings. The highest BCUT2D eigenvalue weighted by atomic mass is 16.3. The third-order valence-corrected chi connectivity index (χ3v) is 3.74. The van der Waals surface area contributed by atoms with Gasteiger partial charge in [-0.3, -0.25) is 0 Å². The number of hydrogen-bond donors (Lipinski definition) is 3. The first-order valence-corrected chi connectivity index (χ1v) is 6.50. The van der Waals surface area contributed by atoms with Gasteiger partial charge in [0.1, 0.15) is 0 Å². The monoisotopic (exact) mass is 250 g/mol. The van der Waals surface area contributed by atoms with Crippen LogP contribution < -0.4 is 5.73 Å². The fraction of sp³-hybridized carbons (Fsp3) is 0.571. The van der Waals surface area contributed by atoms with Crippen LogP contribution in [0.15, 0.2) is 24.3 Å². The minimum Gasteiger partial charge on any atom is -0.399 e. The Morgan fingerprint density at radius 3 is 2.56 bits per heavy atom. The fourth-order valence-corrected chi connectivity index (χ4v) is 2.49. The number of nitrogens with zero attached hydrogens (tertiary/aromatic N) is 1. The number of rotatable bonds is 4. The predicted octanol–water partition coefficient (Wildman–Crippen LogP) is 1.00. The number of anilines is 1. The molecule has 100 valence electrons. The van der Waals surface area contributed by atoms with Crippen molar-refractivity contribution in [1.82, 2.24) is 4.90 Å². The lowest BCUT2D eigenvalue weighted by Gasteiger charge is -2.21. The first-order chi connectivity index (χ1) is 8.56. The van der Waals surface area contributed by atoms with E-state index in [1.54, 1.807) is 12.1 Å². The highest BCUT2D eigenvalue weighted by Gasteiger charge is 2.27. The SMILES string of the molecule is CC(O)C1CCN(CC(O)c2ccc(N)cc2)C1. The summed E-state index contributed by atoms with van der Waals surface area (Å²) in [4.78, 5) is 2.21. The Labute approximate surface area is 108 Å². The number of nitrogen functional groups attached to an aromatic ring is 1. The van der Waals surface area contributed by atoms with Crippen molar-refractivity contribution < 1.29 is 10.2 Å². The molecule has 1 aromatic rings. The van der Waals surface area contributed by atoms with Crippen LogP contribution in [0.2, 0.25) is 0 Å².